The number of rotatable bonds is 5. The topological polar surface area (TPSA) is 59.9 Å². The van der Waals surface area contributed by atoms with E-state index in [4.69, 9.17) is 9.57 Å². The summed E-state index contributed by atoms with van der Waals surface area (Å²) in [6.45, 7) is 2.14. The molecule has 0 saturated heterocycles. The van der Waals surface area contributed by atoms with Gasteiger partial charge >= 0.3 is 0 Å². The SMILES string of the molecule is COc1ccc(C2=NOC(C(=O)NC(C)C3CC4CCC3C4)C2)cc1. The molecule has 2 saturated carbocycles. The van der Waals surface area contributed by atoms with Crippen molar-refractivity contribution in [1.29, 1.82) is 0 Å². The Morgan fingerprint density at radius 1 is 1.28 bits per heavy atom. The lowest BCUT2D eigenvalue weighted by molar-refractivity contribution is -0.132. The van der Waals surface area contributed by atoms with Crippen LogP contribution in [0.15, 0.2) is 29.4 Å². The number of ether oxygens (including phenoxy) is 1. The van der Waals surface area contributed by atoms with Gasteiger partial charge in [0.1, 0.15) is 5.75 Å². The minimum atomic E-state index is -0.516. The number of oxime groups is 1. The number of nitrogens with one attached hydrogen (secondary N) is 1. The van der Waals surface area contributed by atoms with Gasteiger partial charge in [-0.15, -0.1) is 0 Å². The highest BCUT2D eigenvalue weighted by Gasteiger charge is 2.42. The summed E-state index contributed by atoms with van der Waals surface area (Å²) in [7, 11) is 1.64. The number of hydrogen-bond acceptors (Lipinski definition) is 4. The van der Waals surface area contributed by atoms with E-state index in [1.165, 1.54) is 25.7 Å². The summed E-state index contributed by atoms with van der Waals surface area (Å²) in [4.78, 5) is 18.0. The maximum Gasteiger partial charge on any atom is 0.264 e. The van der Waals surface area contributed by atoms with Gasteiger partial charge in [0.2, 0.25) is 6.10 Å². The summed E-state index contributed by atoms with van der Waals surface area (Å²) in [5.74, 6) is 3.09. The molecule has 4 rings (SSSR count). The standard InChI is InChI=1S/C20H26N2O3/c1-12(17-10-13-3-4-15(17)9-13)21-20(23)19-11-18(22-25-19)14-5-7-16(24-2)8-6-14/h5-8,12-13,15,17,19H,3-4,9-11H2,1-2H3,(H,21,23). The zero-order chi connectivity index (χ0) is 17.4. The Labute approximate surface area is 148 Å². The van der Waals surface area contributed by atoms with Crippen molar-refractivity contribution in [2.75, 3.05) is 7.11 Å². The Hall–Kier alpha value is -2.04. The molecule has 3 aliphatic rings. The lowest BCUT2D eigenvalue weighted by Gasteiger charge is -2.29. The molecule has 1 aromatic rings. The van der Waals surface area contributed by atoms with Gasteiger partial charge < -0.3 is 14.9 Å². The number of methoxy groups -OCH3 is 1. The van der Waals surface area contributed by atoms with Crippen LogP contribution in [0.5, 0.6) is 5.75 Å². The first-order chi connectivity index (χ1) is 12.1. The summed E-state index contributed by atoms with van der Waals surface area (Å²) in [6, 6.07) is 7.89. The number of nitrogens with zero attached hydrogens (tertiary/aromatic N) is 1. The monoisotopic (exact) mass is 342 g/mol. The Kier molecular flexibility index (Phi) is 4.40. The second-order valence-electron chi connectivity index (χ2n) is 7.70. The molecule has 5 unspecified atom stereocenters. The van der Waals surface area contributed by atoms with Gasteiger partial charge in [0.25, 0.3) is 5.91 Å². The van der Waals surface area contributed by atoms with E-state index in [0.29, 0.717) is 12.3 Å². The van der Waals surface area contributed by atoms with Gasteiger partial charge in [0, 0.05) is 12.5 Å². The molecule has 1 N–H and O–H groups in total. The maximum absolute atomic E-state index is 12.6. The molecule has 134 valence electrons. The molecule has 1 aliphatic heterocycles. The number of benzene rings is 1. The number of carbonyl (C=O) groups is 1. The van der Waals surface area contributed by atoms with E-state index in [0.717, 1.165) is 28.9 Å². The van der Waals surface area contributed by atoms with Crippen molar-refractivity contribution in [3.05, 3.63) is 29.8 Å². The first kappa shape index (κ1) is 16.4. The van der Waals surface area contributed by atoms with Crippen LogP contribution in [0.4, 0.5) is 0 Å². The first-order valence-electron chi connectivity index (χ1n) is 9.31. The fourth-order valence-electron chi connectivity index (χ4n) is 4.80. The second-order valence-corrected chi connectivity index (χ2v) is 7.70. The molecule has 1 heterocycles. The highest BCUT2D eigenvalue weighted by atomic mass is 16.6. The molecule has 2 bridgehead atoms. The van der Waals surface area contributed by atoms with E-state index in [-0.39, 0.29) is 11.9 Å². The minimum Gasteiger partial charge on any atom is -0.497 e. The van der Waals surface area contributed by atoms with Crippen molar-refractivity contribution in [2.45, 2.75) is 51.2 Å². The first-order valence-corrected chi connectivity index (χ1v) is 9.31. The van der Waals surface area contributed by atoms with Gasteiger partial charge in [-0.1, -0.05) is 11.6 Å². The molecule has 2 aliphatic carbocycles. The van der Waals surface area contributed by atoms with Crippen LogP contribution in [0.2, 0.25) is 0 Å². The third-order valence-corrected chi connectivity index (χ3v) is 6.19. The highest BCUT2D eigenvalue weighted by Crippen LogP contribution is 2.49. The molecule has 5 atom stereocenters. The average molecular weight is 342 g/mol. The van der Waals surface area contributed by atoms with Crippen molar-refractivity contribution in [3.8, 4) is 5.75 Å². The predicted octanol–water partition coefficient (Wildman–Crippen LogP) is 3.13. The lowest BCUT2D eigenvalue weighted by atomic mass is 9.84. The fourth-order valence-corrected chi connectivity index (χ4v) is 4.80. The zero-order valence-corrected chi connectivity index (χ0v) is 14.9. The van der Waals surface area contributed by atoms with Crippen LogP contribution in [-0.2, 0) is 9.63 Å². The summed E-state index contributed by atoms with van der Waals surface area (Å²) in [6.07, 6.45) is 5.34. The molecule has 5 heteroatoms. The molecular formula is C20H26N2O3. The smallest absolute Gasteiger partial charge is 0.264 e. The van der Waals surface area contributed by atoms with Crippen LogP contribution in [0, 0.1) is 17.8 Å². The largest absolute Gasteiger partial charge is 0.497 e. The molecular weight excluding hydrogens is 316 g/mol. The zero-order valence-electron chi connectivity index (χ0n) is 14.9. The third kappa shape index (κ3) is 3.24. The number of fused-ring (bicyclic) bond motifs is 2. The second kappa shape index (κ2) is 6.70. The molecule has 5 nitrogen and oxygen atoms in total. The van der Waals surface area contributed by atoms with Gasteiger partial charge in [-0.05, 0) is 73.8 Å². The van der Waals surface area contributed by atoms with Gasteiger partial charge in [0.15, 0.2) is 0 Å². The summed E-state index contributed by atoms with van der Waals surface area (Å²) < 4.78 is 5.17. The normalized spacial score (nSPS) is 31.4. The quantitative estimate of drug-likeness (QED) is 0.894. The summed E-state index contributed by atoms with van der Waals surface area (Å²) in [5, 5.41) is 7.30. The molecule has 0 spiro atoms. The molecule has 2 fully saturated rings. The molecule has 0 aromatic heterocycles. The maximum atomic E-state index is 12.6. The summed E-state index contributed by atoms with van der Waals surface area (Å²) in [5.41, 5.74) is 1.78. The van der Waals surface area contributed by atoms with Gasteiger partial charge in [0.05, 0.1) is 12.8 Å². The summed E-state index contributed by atoms with van der Waals surface area (Å²) >= 11 is 0. The molecule has 1 amide bonds. The van der Waals surface area contributed by atoms with Crippen molar-refractivity contribution in [1.82, 2.24) is 5.32 Å². The number of hydrogen-bond donors (Lipinski definition) is 1. The van der Waals surface area contributed by atoms with E-state index < -0.39 is 6.10 Å². The number of amides is 1. The fraction of sp³-hybridized carbons (Fsp3) is 0.600. The Morgan fingerprint density at radius 2 is 2.08 bits per heavy atom. The van der Waals surface area contributed by atoms with E-state index in [2.05, 4.69) is 17.4 Å². The van der Waals surface area contributed by atoms with E-state index in [1.54, 1.807) is 7.11 Å². The van der Waals surface area contributed by atoms with Crippen LogP contribution < -0.4 is 10.1 Å². The molecule has 0 radical (unpaired) electrons. The number of carbonyl (C=O) groups excluding carboxylic acids is 1. The Bertz CT molecular complexity index is 670. The van der Waals surface area contributed by atoms with E-state index >= 15 is 0 Å². The van der Waals surface area contributed by atoms with E-state index in [9.17, 15) is 4.79 Å². The Morgan fingerprint density at radius 3 is 2.72 bits per heavy atom. The van der Waals surface area contributed by atoms with Crippen LogP contribution in [-0.4, -0.2) is 30.9 Å². The Balaban J connectivity index is 1.32. The predicted molar refractivity (Wildman–Crippen MR) is 95.6 cm³/mol. The third-order valence-electron chi connectivity index (χ3n) is 6.19. The van der Waals surface area contributed by atoms with Crippen molar-refractivity contribution in [3.63, 3.8) is 0 Å². The molecule has 25 heavy (non-hydrogen) atoms. The van der Waals surface area contributed by atoms with Gasteiger partial charge in [-0.2, -0.15) is 0 Å². The van der Waals surface area contributed by atoms with Gasteiger partial charge in [-0.25, -0.2) is 0 Å². The lowest BCUT2D eigenvalue weighted by Crippen LogP contribution is -2.44. The van der Waals surface area contributed by atoms with Crippen LogP contribution in [0.1, 0.15) is 44.6 Å². The van der Waals surface area contributed by atoms with Crippen LogP contribution >= 0.6 is 0 Å². The highest BCUT2D eigenvalue weighted by molar-refractivity contribution is 6.04. The average Bonchev–Trinajstić information content (AvgIpc) is 3.38. The minimum absolute atomic E-state index is 0.0393. The molecule has 1 aromatic carbocycles. The van der Waals surface area contributed by atoms with Crippen LogP contribution in [0.25, 0.3) is 0 Å². The van der Waals surface area contributed by atoms with Crippen molar-refractivity contribution < 1.29 is 14.4 Å². The van der Waals surface area contributed by atoms with E-state index in [1.807, 2.05) is 24.3 Å². The van der Waals surface area contributed by atoms with Gasteiger partial charge in [-0.3, -0.25) is 4.79 Å². The van der Waals surface area contributed by atoms with Crippen LogP contribution in [0.3, 0.4) is 0 Å². The van der Waals surface area contributed by atoms with Crippen molar-refractivity contribution >= 4 is 11.6 Å². The van der Waals surface area contributed by atoms with Crippen molar-refractivity contribution in [2.24, 2.45) is 22.9 Å².